The zero-order valence-corrected chi connectivity index (χ0v) is 16.5. The van der Waals surface area contributed by atoms with E-state index in [0.29, 0.717) is 11.1 Å². The number of nitrogens with zero attached hydrogens (tertiary/aromatic N) is 3. The van der Waals surface area contributed by atoms with Crippen molar-refractivity contribution in [3.63, 3.8) is 0 Å². The molecule has 0 bridgehead atoms. The molecule has 0 aliphatic carbocycles. The number of nitrogens with two attached hydrogens (primary N) is 1. The van der Waals surface area contributed by atoms with Gasteiger partial charge in [-0.2, -0.15) is 0 Å². The number of rotatable bonds is 6. The predicted molar refractivity (Wildman–Crippen MR) is 105 cm³/mol. The van der Waals surface area contributed by atoms with Gasteiger partial charge in [0.25, 0.3) is 5.56 Å². The first kappa shape index (κ1) is 20.7. The molecule has 2 N–H and O–H groups in total. The molecule has 10 heteroatoms. The number of amides is 1. The monoisotopic (exact) mass is 417 g/mol. The Hall–Kier alpha value is -2.98. The second kappa shape index (κ2) is 7.80. The molecular formula is C19H18FN4O4S-. The molecule has 0 aliphatic heterocycles. The minimum atomic E-state index is -2.76. The van der Waals surface area contributed by atoms with E-state index in [4.69, 9.17) is 5.73 Å². The summed E-state index contributed by atoms with van der Waals surface area (Å²) in [7, 11) is 0. The Morgan fingerprint density at radius 2 is 2.03 bits per heavy atom. The van der Waals surface area contributed by atoms with Gasteiger partial charge < -0.3 is 10.3 Å². The van der Waals surface area contributed by atoms with E-state index in [0.717, 1.165) is 10.2 Å². The van der Waals surface area contributed by atoms with Crippen LogP contribution < -0.4 is 11.3 Å². The standard InChI is InChI=1S/C19H19FN4O4S/c1-11-3-5-13(15(20)9-11)12-4-6-14-16(10-12)22-23-24(17(14)25)8-7-19(2,18(21)26)29(27)28/h3-6,9-10H,7-8H2,1-2H3,(H2,21,26)(H,27,28)/p-1. The Balaban J connectivity index is 1.96. The molecule has 0 aliphatic rings. The van der Waals surface area contributed by atoms with Crippen molar-refractivity contribution in [1.82, 2.24) is 15.0 Å². The molecule has 8 nitrogen and oxygen atoms in total. The van der Waals surface area contributed by atoms with Crippen LogP contribution in [0.5, 0.6) is 0 Å². The van der Waals surface area contributed by atoms with Crippen LogP contribution in [0.1, 0.15) is 18.9 Å². The molecule has 152 valence electrons. The smallest absolute Gasteiger partial charge is 0.277 e. The van der Waals surface area contributed by atoms with Crippen LogP contribution in [0.4, 0.5) is 4.39 Å². The van der Waals surface area contributed by atoms with Crippen LogP contribution in [0, 0.1) is 12.7 Å². The highest BCUT2D eigenvalue weighted by molar-refractivity contribution is 7.81. The second-order valence-electron chi connectivity index (χ2n) is 6.91. The summed E-state index contributed by atoms with van der Waals surface area (Å²) in [5, 5.41) is 8.03. The zero-order chi connectivity index (χ0) is 21.3. The molecule has 29 heavy (non-hydrogen) atoms. The molecule has 0 saturated carbocycles. The third-order valence-corrected chi connectivity index (χ3v) is 5.99. The highest BCUT2D eigenvalue weighted by Gasteiger charge is 2.32. The Morgan fingerprint density at radius 3 is 2.66 bits per heavy atom. The third-order valence-electron chi connectivity index (χ3n) is 4.85. The molecule has 2 unspecified atom stereocenters. The van der Waals surface area contributed by atoms with Crippen LogP contribution in [0.15, 0.2) is 41.2 Å². The van der Waals surface area contributed by atoms with E-state index in [2.05, 4.69) is 10.3 Å². The summed E-state index contributed by atoms with van der Waals surface area (Å²) < 4.78 is 36.1. The molecule has 0 saturated heterocycles. The first-order valence-corrected chi connectivity index (χ1v) is 9.74. The maximum Gasteiger partial charge on any atom is 0.277 e. The lowest BCUT2D eigenvalue weighted by Gasteiger charge is -2.28. The van der Waals surface area contributed by atoms with Gasteiger partial charge in [-0.05, 0) is 60.7 Å². The lowest BCUT2D eigenvalue weighted by Crippen LogP contribution is -2.46. The van der Waals surface area contributed by atoms with Crippen molar-refractivity contribution in [3.05, 3.63) is 58.1 Å². The number of aryl methyl sites for hydroxylation is 2. The van der Waals surface area contributed by atoms with Crippen molar-refractivity contribution in [2.75, 3.05) is 0 Å². The lowest BCUT2D eigenvalue weighted by atomic mass is 10.0. The van der Waals surface area contributed by atoms with Crippen LogP contribution in [0.25, 0.3) is 22.0 Å². The summed E-state index contributed by atoms with van der Waals surface area (Å²) in [5.41, 5.74) is 6.65. The van der Waals surface area contributed by atoms with Gasteiger partial charge in [-0.15, -0.1) is 5.10 Å². The first-order chi connectivity index (χ1) is 13.6. The molecule has 0 radical (unpaired) electrons. The number of hydrogen-bond donors (Lipinski definition) is 1. The van der Waals surface area contributed by atoms with Crippen LogP contribution >= 0.6 is 0 Å². The van der Waals surface area contributed by atoms with Crippen molar-refractivity contribution in [1.29, 1.82) is 0 Å². The van der Waals surface area contributed by atoms with Gasteiger partial charge in [0.05, 0.1) is 5.39 Å². The van der Waals surface area contributed by atoms with Crippen LogP contribution in [0.3, 0.4) is 0 Å². The molecular weight excluding hydrogens is 399 g/mol. The Morgan fingerprint density at radius 1 is 1.31 bits per heavy atom. The van der Waals surface area contributed by atoms with Crippen LogP contribution in [-0.2, 0) is 22.4 Å². The Kier molecular flexibility index (Phi) is 5.58. The van der Waals surface area contributed by atoms with Gasteiger partial charge in [-0.25, -0.2) is 9.07 Å². The summed E-state index contributed by atoms with van der Waals surface area (Å²) >= 11 is -2.76. The van der Waals surface area contributed by atoms with E-state index in [1.807, 2.05) is 0 Å². The summed E-state index contributed by atoms with van der Waals surface area (Å²) in [6.45, 7) is 2.80. The van der Waals surface area contributed by atoms with Crippen LogP contribution in [0.2, 0.25) is 0 Å². The molecule has 3 rings (SSSR count). The molecule has 2 atom stereocenters. The molecule has 3 aromatic rings. The number of fused-ring (bicyclic) bond motifs is 1. The molecule has 1 amide bonds. The van der Waals surface area contributed by atoms with Crippen LogP contribution in [-0.4, -0.2) is 34.4 Å². The number of carbonyl (C=O) groups excluding carboxylic acids is 1. The minimum Gasteiger partial charge on any atom is -0.772 e. The topological polar surface area (TPSA) is 131 Å². The fourth-order valence-corrected chi connectivity index (χ4v) is 3.28. The van der Waals surface area contributed by atoms with Crippen molar-refractivity contribution < 1.29 is 17.9 Å². The molecule has 1 aromatic heterocycles. The van der Waals surface area contributed by atoms with Gasteiger partial charge in [0.2, 0.25) is 5.91 Å². The van der Waals surface area contributed by atoms with Gasteiger partial charge in [-0.3, -0.25) is 13.8 Å². The van der Waals surface area contributed by atoms with Gasteiger partial charge in [-0.1, -0.05) is 23.4 Å². The minimum absolute atomic E-state index is 0.163. The third kappa shape index (κ3) is 3.94. The van der Waals surface area contributed by atoms with E-state index in [1.54, 1.807) is 31.2 Å². The number of halogens is 1. The Bertz CT molecular complexity index is 1180. The number of aromatic nitrogens is 3. The maximum absolute atomic E-state index is 14.2. The van der Waals surface area contributed by atoms with Crippen molar-refractivity contribution >= 4 is 27.9 Å². The summed E-state index contributed by atoms with van der Waals surface area (Å²) in [4.78, 5) is 24.1. The highest BCUT2D eigenvalue weighted by atomic mass is 32.2. The normalized spacial score (nSPS) is 14.5. The van der Waals surface area contributed by atoms with E-state index in [1.165, 1.54) is 19.1 Å². The number of carbonyl (C=O) groups is 1. The van der Waals surface area contributed by atoms with Gasteiger partial charge in [0.15, 0.2) is 0 Å². The average molecular weight is 417 g/mol. The zero-order valence-electron chi connectivity index (χ0n) is 15.7. The molecule has 0 fully saturated rings. The fraction of sp³-hybridized carbons (Fsp3) is 0.263. The summed E-state index contributed by atoms with van der Waals surface area (Å²) in [6.07, 6.45) is -0.231. The summed E-state index contributed by atoms with van der Waals surface area (Å²) in [6, 6.07) is 9.51. The quantitative estimate of drug-likeness (QED) is 0.604. The number of primary amides is 1. The first-order valence-electron chi connectivity index (χ1n) is 8.67. The highest BCUT2D eigenvalue weighted by Crippen LogP contribution is 2.25. The largest absolute Gasteiger partial charge is 0.772 e. The average Bonchev–Trinajstić information content (AvgIpc) is 2.66. The van der Waals surface area contributed by atoms with E-state index < -0.39 is 27.3 Å². The van der Waals surface area contributed by atoms with Crippen molar-refractivity contribution in [2.45, 2.75) is 31.6 Å². The molecule has 0 spiro atoms. The van der Waals surface area contributed by atoms with Crippen molar-refractivity contribution in [3.8, 4) is 11.1 Å². The molecule has 2 aromatic carbocycles. The number of hydrogen-bond acceptors (Lipinski definition) is 6. The van der Waals surface area contributed by atoms with Gasteiger partial charge >= 0.3 is 0 Å². The van der Waals surface area contributed by atoms with E-state index in [-0.39, 0.29) is 29.7 Å². The Labute approximate surface area is 167 Å². The van der Waals surface area contributed by atoms with Crippen molar-refractivity contribution in [2.24, 2.45) is 5.73 Å². The maximum atomic E-state index is 14.2. The van der Waals surface area contributed by atoms with Gasteiger partial charge in [0, 0.05) is 12.1 Å². The second-order valence-corrected chi connectivity index (χ2v) is 8.28. The predicted octanol–water partition coefficient (Wildman–Crippen LogP) is 1.42. The SMILES string of the molecule is Cc1ccc(-c2ccc3c(=O)n(CCC(C)(C(N)=O)S(=O)[O-])nnc3c2)c(F)c1. The number of benzene rings is 2. The fourth-order valence-electron chi connectivity index (χ4n) is 2.85. The summed E-state index contributed by atoms with van der Waals surface area (Å²) in [5.74, 6) is -1.40. The van der Waals surface area contributed by atoms with E-state index >= 15 is 0 Å². The van der Waals surface area contributed by atoms with E-state index in [9.17, 15) is 22.7 Å². The lowest BCUT2D eigenvalue weighted by molar-refractivity contribution is -0.120. The van der Waals surface area contributed by atoms with Gasteiger partial charge in [0.1, 0.15) is 16.1 Å². The molecule has 1 heterocycles.